The van der Waals surface area contributed by atoms with Gasteiger partial charge in [0.2, 0.25) is 0 Å². The van der Waals surface area contributed by atoms with Crippen LogP contribution in [0.25, 0.3) is 11.1 Å². The Bertz CT molecular complexity index is 959. The van der Waals surface area contributed by atoms with Crippen molar-refractivity contribution in [1.82, 2.24) is 0 Å². The zero-order valence-electron chi connectivity index (χ0n) is 14.4. The Morgan fingerprint density at radius 2 is 1.00 bits per heavy atom. The minimum atomic E-state index is -5.74. The van der Waals surface area contributed by atoms with Crippen molar-refractivity contribution in [3.8, 4) is 0 Å². The van der Waals surface area contributed by atoms with Crippen LogP contribution in [0.5, 0.6) is 0 Å². The van der Waals surface area contributed by atoms with E-state index in [9.17, 15) is 22.0 Å². The molecule has 0 fully saturated rings. The van der Waals surface area contributed by atoms with E-state index in [0.717, 1.165) is 0 Å². The molecular weight excluding hydrogens is 439 g/mol. The number of benzene rings is 3. The van der Waals surface area contributed by atoms with Crippen LogP contribution >= 0.6 is 15.9 Å². The van der Waals surface area contributed by atoms with Crippen LogP contribution < -0.4 is 0 Å². The molecule has 0 bridgehead atoms. The Morgan fingerprint density at radius 3 is 1.46 bits per heavy atom. The number of allylic oxidation sites excluding steroid dienone is 1. The van der Waals surface area contributed by atoms with E-state index in [0.29, 0.717) is 4.47 Å². The van der Waals surface area contributed by atoms with Gasteiger partial charge >= 0.3 is 12.1 Å². The predicted molar refractivity (Wildman–Crippen MR) is 104 cm³/mol. The average Bonchev–Trinajstić information content (AvgIpc) is 2.67. The summed E-state index contributed by atoms with van der Waals surface area (Å²) in [6.07, 6.45) is -5.74. The fourth-order valence-electron chi connectivity index (χ4n) is 2.91. The Balaban J connectivity index is 2.44. The maximum atomic E-state index is 14.8. The third kappa shape index (κ3) is 4.02. The zero-order valence-corrected chi connectivity index (χ0v) is 15.9. The number of rotatable bonds is 4. The van der Waals surface area contributed by atoms with Crippen LogP contribution in [-0.2, 0) is 0 Å². The fourth-order valence-corrected chi connectivity index (χ4v) is 3.17. The normalized spacial score (nSPS) is 13.2. The molecule has 144 valence electrons. The summed E-state index contributed by atoms with van der Waals surface area (Å²) >= 11 is 3.26. The van der Waals surface area contributed by atoms with Crippen molar-refractivity contribution in [2.24, 2.45) is 0 Å². The molecule has 0 aromatic heterocycles. The van der Waals surface area contributed by atoms with Gasteiger partial charge < -0.3 is 0 Å². The fraction of sp³-hybridized carbons (Fsp3) is 0.0909. The molecule has 0 atom stereocenters. The Morgan fingerprint density at radius 1 is 0.571 bits per heavy atom. The average molecular weight is 453 g/mol. The second kappa shape index (κ2) is 7.87. The van der Waals surface area contributed by atoms with Crippen molar-refractivity contribution in [1.29, 1.82) is 0 Å². The van der Waals surface area contributed by atoms with Crippen molar-refractivity contribution >= 4 is 27.1 Å². The molecule has 6 heteroatoms. The molecule has 3 rings (SSSR count). The lowest BCUT2D eigenvalue weighted by atomic mass is 9.86. The summed E-state index contributed by atoms with van der Waals surface area (Å²) in [5, 5.41) is 0. The maximum Gasteiger partial charge on any atom is 0.458 e. The van der Waals surface area contributed by atoms with Crippen LogP contribution in [0.2, 0.25) is 0 Å². The molecule has 0 aliphatic rings. The molecule has 0 amide bonds. The predicted octanol–water partition coefficient (Wildman–Crippen LogP) is 7.61. The quantitative estimate of drug-likeness (QED) is 0.282. The van der Waals surface area contributed by atoms with Gasteiger partial charge in [-0.15, -0.1) is 0 Å². The summed E-state index contributed by atoms with van der Waals surface area (Å²) < 4.78 is 70.6. The van der Waals surface area contributed by atoms with E-state index >= 15 is 0 Å². The van der Waals surface area contributed by atoms with E-state index in [1.165, 1.54) is 48.5 Å². The molecule has 0 aliphatic heterocycles. The largest absolute Gasteiger partial charge is 0.458 e. The lowest BCUT2D eigenvalue weighted by molar-refractivity contribution is -0.253. The van der Waals surface area contributed by atoms with Gasteiger partial charge in [0.15, 0.2) is 0 Å². The van der Waals surface area contributed by atoms with Crippen LogP contribution in [0.15, 0.2) is 89.4 Å². The van der Waals surface area contributed by atoms with Crippen LogP contribution in [0.3, 0.4) is 0 Å². The molecule has 0 nitrogen and oxygen atoms in total. The van der Waals surface area contributed by atoms with Gasteiger partial charge in [0.1, 0.15) is 0 Å². The van der Waals surface area contributed by atoms with Crippen LogP contribution in [0, 0.1) is 0 Å². The van der Waals surface area contributed by atoms with Crippen molar-refractivity contribution in [2.45, 2.75) is 12.1 Å². The summed E-state index contributed by atoms with van der Waals surface area (Å²) in [5.41, 5.74) is -0.896. The monoisotopic (exact) mass is 452 g/mol. The summed E-state index contributed by atoms with van der Waals surface area (Å²) in [5.74, 6) is -5.05. The van der Waals surface area contributed by atoms with Gasteiger partial charge in [0.25, 0.3) is 0 Å². The second-order valence-corrected chi connectivity index (χ2v) is 6.98. The van der Waals surface area contributed by atoms with E-state index in [4.69, 9.17) is 0 Å². The molecule has 0 N–H and O–H groups in total. The Kier molecular flexibility index (Phi) is 5.70. The van der Waals surface area contributed by atoms with Gasteiger partial charge in [0.05, 0.1) is 0 Å². The number of hydrogen-bond acceptors (Lipinski definition) is 0. The SMILES string of the molecule is FC(F)(F)C(F)(F)/C(=C(\c1ccccc1)c1ccc(Br)cc1)c1ccccc1. The van der Waals surface area contributed by atoms with Gasteiger partial charge in [-0.1, -0.05) is 88.7 Å². The number of alkyl halides is 5. The zero-order chi connectivity index (χ0) is 20.4. The number of hydrogen-bond donors (Lipinski definition) is 0. The van der Waals surface area contributed by atoms with E-state index in [2.05, 4.69) is 15.9 Å². The molecule has 3 aromatic carbocycles. The smallest absolute Gasteiger partial charge is 0.191 e. The summed E-state index contributed by atoms with van der Waals surface area (Å²) in [6, 6.07) is 21.1. The summed E-state index contributed by atoms with van der Waals surface area (Å²) in [7, 11) is 0. The van der Waals surface area contributed by atoms with Crippen LogP contribution in [0.4, 0.5) is 22.0 Å². The minimum absolute atomic E-state index is 0.165. The van der Waals surface area contributed by atoms with Crippen molar-refractivity contribution in [3.05, 3.63) is 106 Å². The summed E-state index contributed by atoms with van der Waals surface area (Å²) in [4.78, 5) is 0. The lowest BCUT2D eigenvalue weighted by Gasteiger charge is -2.26. The molecule has 0 aliphatic carbocycles. The summed E-state index contributed by atoms with van der Waals surface area (Å²) in [6.45, 7) is 0. The van der Waals surface area contributed by atoms with Crippen LogP contribution in [0.1, 0.15) is 16.7 Å². The molecule has 0 heterocycles. The Labute approximate surface area is 167 Å². The molecule has 3 aromatic rings. The van der Waals surface area contributed by atoms with Gasteiger partial charge in [-0.05, 0) is 34.4 Å². The van der Waals surface area contributed by atoms with Crippen LogP contribution in [-0.4, -0.2) is 12.1 Å². The third-order valence-electron chi connectivity index (χ3n) is 4.18. The third-order valence-corrected chi connectivity index (χ3v) is 4.71. The molecule has 28 heavy (non-hydrogen) atoms. The van der Waals surface area contributed by atoms with Crippen molar-refractivity contribution < 1.29 is 22.0 Å². The van der Waals surface area contributed by atoms with E-state index < -0.39 is 17.7 Å². The van der Waals surface area contributed by atoms with E-state index in [-0.39, 0.29) is 22.3 Å². The van der Waals surface area contributed by atoms with E-state index in [1.807, 2.05) is 0 Å². The molecular formula is C22H14BrF5. The first kappa shape index (κ1) is 20.3. The van der Waals surface area contributed by atoms with Gasteiger partial charge in [-0.2, -0.15) is 22.0 Å². The molecule has 0 saturated heterocycles. The highest BCUT2D eigenvalue weighted by molar-refractivity contribution is 9.10. The molecule has 0 spiro atoms. The van der Waals surface area contributed by atoms with E-state index in [1.54, 1.807) is 36.4 Å². The molecule has 0 radical (unpaired) electrons. The van der Waals surface area contributed by atoms with Gasteiger partial charge in [0, 0.05) is 10.0 Å². The lowest BCUT2D eigenvalue weighted by Crippen LogP contribution is -2.38. The standard InChI is InChI=1S/C22H14BrF5/c23-18-13-11-16(12-14-18)19(15-7-3-1-4-8-15)20(17-9-5-2-6-10-17)21(24,25)22(26,27)28/h1-14H/b20-19+. The molecule has 0 unspecified atom stereocenters. The van der Waals surface area contributed by atoms with Crippen molar-refractivity contribution in [3.63, 3.8) is 0 Å². The topological polar surface area (TPSA) is 0 Å². The van der Waals surface area contributed by atoms with Gasteiger partial charge in [-0.3, -0.25) is 0 Å². The minimum Gasteiger partial charge on any atom is -0.191 e. The highest BCUT2D eigenvalue weighted by Gasteiger charge is 2.61. The maximum absolute atomic E-state index is 14.8. The second-order valence-electron chi connectivity index (χ2n) is 6.06. The number of halogens is 6. The highest BCUT2D eigenvalue weighted by atomic mass is 79.9. The Hall–Kier alpha value is -2.47. The first-order valence-corrected chi connectivity index (χ1v) is 9.07. The first-order valence-electron chi connectivity index (χ1n) is 8.28. The first-order chi connectivity index (χ1) is 13.2. The molecule has 0 saturated carbocycles. The van der Waals surface area contributed by atoms with Crippen molar-refractivity contribution in [2.75, 3.05) is 0 Å². The van der Waals surface area contributed by atoms with Gasteiger partial charge in [-0.25, -0.2) is 0 Å². The highest BCUT2D eigenvalue weighted by Crippen LogP contribution is 2.49.